The van der Waals surface area contributed by atoms with E-state index in [1.54, 1.807) is 18.2 Å². The second kappa shape index (κ2) is 11.9. The van der Waals surface area contributed by atoms with Crippen molar-refractivity contribution in [2.75, 3.05) is 6.54 Å². The molecule has 1 heterocycles. The zero-order valence-corrected chi connectivity index (χ0v) is 20.5. The first-order chi connectivity index (χ1) is 17.8. The molecule has 0 saturated heterocycles. The molecular formula is C28H30F2N4O3. The normalized spacial score (nSPS) is 13.0. The molecule has 0 aliphatic heterocycles. The summed E-state index contributed by atoms with van der Waals surface area (Å²) in [5, 5.41) is 17.0. The van der Waals surface area contributed by atoms with Crippen LogP contribution < -0.4 is 16.3 Å². The number of imidazole rings is 1. The van der Waals surface area contributed by atoms with Crippen LogP contribution in [0.15, 0.2) is 65.5 Å². The number of amides is 1. The molecule has 4 rings (SSSR count). The molecular weight excluding hydrogens is 478 g/mol. The number of aliphatic hydroxyl groups excluding tert-OH is 1. The van der Waals surface area contributed by atoms with E-state index in [0.717, 1.165) is 18.1 Å². The molecule has 5 N–H and O–H groups in total. The lowest BCUT2D eigenvalue weighted by molar-refractivity contribution is -0.122. The molecule has 3 aromatic carbocycles. The van der Waals surface area contributed by atoms with Gasteiger partial charge in [-0.25, -0.2) is 13.6 Å². The first-order valence-electron chi connectivity index (χ1n) is 12.2. The number of hydrogen-bond donors (Lipinski definition) is 5. The van der Waals surface area contributed by atoms with E-state index in [-0.39, 0.29) is 31.0 Å². The fraction of sp³-hybridized carbons (Fsp3) is 0.286. The van der Waals surface area contributed by atoms with E-state index in [2.05, 4.69) is 33.6 Å². The first kappa shape index (κ1) is 26.2. The SMILES string of the molecule is CCc1cccc(CNC[C@@H](O)[C@H](Cc2cc(F)cc(F)c2)NC(=O)Cc2ccc3[nH]c(=O)[nH]c3c2)c1. The highest BCUT2D eigenvalue weighted by molar-refractivity contribution is 5.81. The monoisotopic (exact) mass is 508 g/mol. The average molecular weight is 509 g/mol. The Morgan fingerprint density at radius 2 is 1.65 bits per heavy atom. The van der Waals surface area contributed by atoms with Gasteiger partial charge in [-0.15, -0.1) is 0 Å². The third-order valence-electron chi connectivity index (χ3n) is 6.22. The number of aromatic nitrogens is 2. The van der Waals surface area contributed by atoms with Crippen LogP contribution >= 0.6 is 0 Å². The minimum atomic E-state index is -1.02. The molecule has 0 radical (unpaired) electrons. The number of carbonyl (C=O) groups excluding carboxylic acids is 1. The molecule has 194 valence electrons. The first-order valence-corrected chi connectivity index (χ1v) is 12.2. The molecule has 1 aromatic heterocycles. The van der Waals surface area contributed by atoms with E-state index in [0.29, 0.717) is 28.7 Å². The Morgan fingerprint density at radius 1 is 0.919 bits per heavy atom. The fourth-order valence-electron chi connectivity index (χ4n) is 4.37. The van der Waals surface area contributed by atoms with Crippen molar-refractivity contribution in [2.24, 2.45) is 0 Å². The summed E-state index contributed by atoms with van der Waals surface area (Å²) in [5.74, 6) is -1.82. The second-order valence-corrected chi connectivity index (χ2v) is 9.16. The molecule has 0 spiro atoms. The molecule has 0 bridgehead atoms. The van der Waals surface area contributed by atoms with Gasteiger partial charge in [0, 0.05) is 19.2 Å². The van der Waals surface area contributed by atoms with Crippen molar-refractivity contribution < 1.29 is 18.7 Å². The number of nitrogens with one attached hydrogen (secondary N) is 4. The van der Waals surface area contributed by atoms with Gasteiger partial charge in [0.25, 0.3) is 0 Å². The molecule has 0 saturated carbocycles. The summed E-state index contributed by atoms with van der Waals surface area (Å²) in [6.45, 7) is 2.76. The Kier molecular flexibility index (Phi) is 8.47. The molecule has 0 unspecified atom stereocenters. The molecule has 2 atom stereocenters. The van der Waals surface area contributed by atoms with Crippen molar-refractivity contribution in [2.45, 2.75) is 44.9 Å². The molecule has 4 aromatic rings. The maximum atomic E-state index is 13.8. The second-order valence-electron chi connectivity index (χ2n) is 9.16. The number of aryl methyl sites for hydroxylation is 1. The number of aliphatic hydroxyl groups is 1. The third-order valence-corrected chi connectivity index (χ3v) is 6.22. The lowest BCUT2D eigenvalue weighted by atomic mass is 10.00. The van der Waals surface area contributed by atoms with E-state index in [1.807, 2.05) is 18.2 Å². The molecule has 9 heteroatoms. The van der Waals surface area contributed by atoms with Crippen molar-refractivity contribution in [1.82, 2.24) is 20.6 Å². The van der Waals surface area contributed by atoms with Gasteiger partial charge in [-0.1, -0.05) is 37.3 Å². The van der Waals surface area contributed by atoms with Crippen LogP contribution in [0, 0.1) is 11.6 Å². The number of hydrogen-bond acceptors (Lipinski definition) is 4. The minimum absolute atomic E-state index is 0.00111. The third kappa shape index (κ3) is 7.34. The van der Waals surface area contributed by atoms with Crippen molar-refractivity contribution in [1.29, 1.82) is 0 Å². The van der Waals surface area contributed by atoms with Crippen LogP contribution in [0.4, 0.5) is 8.78 Å². The van der Waals surface area contributed by atoms with Crippen LogP contribution in [-0.2, 0) is 30.6 Å². The van der Waals surface area contributed by atoms with Crippen molar-refractivity contribution in [3.05, 3.63) is 105 Å². The molecule has 0 aliphatic rings. The van der Waals surface area contributed by atoms with E-state index in [4.69, 9.17) is 0 Å². The Morgan fingerprint density at radius 3 is 2.41 bits per heavy atom. The van der Waals surface area contributed by atoms with Gasteiger partial charge >= 0.3 is 5.69 Å². The smallest absolute Gasteiger partial charge is 0.323 e. The summed E-state index contributed by atoms with van der Waals surface area (Å²) in [6, 6.07) is 15.6. The lowest BCUT2D eigenvalue weighted by Crippen LogP contribution is -2.49. The Bertz CT molecular complexity index is 1410. The molecule has 37 heavy (non-hydrogen) atoms. The van der Waals surface area contributed by atoms with Gasteiger partial charge < -0.3 is 25.7 Å². The summed E-state index contributed by atoms with van der Waals surface area (Å²) in [6.07, 6.45) is -0.0602. The maximum Gasteiger partial charge on any atom is 0.323 e. The number of carbonyl (C=O) groups is 1. The number of halogens is 2. The predicted molar refractivity (Wildman–Crippen MR) is 138 cm³/mol. The minimum Gasteiger partial charge on any atom is -0.390 e. The predicted octanol–water partition coefficient (Wildman–Crippen LogP) is 3.12. The van der Waals surface area contributed by atoms with Crippen LogP contribution in [-0.4, -0.2) is 39.7 Å². The quantitative estimate of drug-likeness (QED) is 0.214. The van der Waals surface area contributed by atoms with Crippen molar-refractivity contribution in [3.8, 4) is 0 Å². The van der Waals surface area contributed by atoms with Crippen LogP contribution in [0.25, 0.3) is 11.0 Å². The van der Waals surface area contributed by atoms with Gasteiger partial charge in [-0.05, 0) is 59.4 Å². The highest BCUT2D eigenvalue weighted by Gasteiger charge is 2.22. The summed E-state index contributed by atoms with van der Waals surface area (Å²) in [5.41, 5.74) is 4.14. The number of rotatable bonds is 11. The van der Waals surface area contributed by atoms with Crippen molar-refractivity contribution >= 4 is 16.9 Å². The number of H-pyrrole nitrogens is 2. The zero-order chi connectivity index (χ0) is 26.4. The van der Waals surface area contributed by atoms with Crippen LogP contribution in [0.2, 0.25) is 0 Å². The van der Waals surface area contributed by atoms with E-state index >= 15 is 0 Å². The van der Waals surface area contributed by atoms with E-state index in [1.165, 1.54) is 17.7 Å². The van der Waals surface area contributed by atoms with Gasteiger partial charge in [0.15, 0.2) is 0 Å². The van der Waals surface area contributed by atoms with Gasteiger partial charge in [0.2, 0.25) is 5.91 Å². The average Bonchev–Trinajstić information content (AvgIpc) is 3.22. The summed E-state index contributed by atoms with van der Waals surface area (Å²) < 4.78 is 27.6. The number of fused-ring (bicyclic) bond motifs is 1. The molecule has 7 nitrogen and oxygen atoms in total. The Labute approximate surface area is 212 Å². The summed E-state index contributed by atoms with van der Waals surface area (Å²) in [7, 11) is 0. The van der Waals surface area contributed by atoms with Crippen molar-refractivity contribution in [3.63, 3.8) is 0 Å². The largest absolute Gasteiger partial charge is 0.390 e. The van der Waals surface area contributed by atoms with Crippen LogP contribution in [0.3, 0.4) is 0 Å². The van der Waals surface area contributed by atoms with Gasteiger partial charge in [-0.3, -0.25) is 4.79 Å². The van der Waals surface area contributed by atoms with Gasteiger partial charge in [-0.2, -0.15) is 0 Å². The Balaban J connectivity index is 1.44. The molecule has 1 amide bonds. The summed E-state index contributed by atoms with van der Waals surface area (Å²) in [4.78, 5) is 29.7. The highest BCUT2D eigenvalue weighted by Crippen LogP contribution is 2.14. The van der Waals surface area contributed by atoms with E-state index < -0.39 is 23.8 Å². The lowest BCUT2D eigenvalue weighted by Gasteiger charge is -2.25. The molecule has 0 aliphatic carbocycles. The standard InChI is InChI=1S/C28H30F2N4O3/c1-2-17-4-3-5-19(8-17)15-31-16-26(35)25(12-20-9-21(29)14-22(30)10-20)32-27(36)13-18-6-7-23-24(11-18)34-28(37)33-23/h3-11,14,25-26,31,35H,2,12-13,15-16H2,1H3,(H,32,36)(H2,33,34,37)/t25-,26+/m0/s1. The fourth-order valence-corrected chi connectivity index (χ4v) is 4.37. The topological polar surface area (TPSA) is 110 Å². The summed E-state index contributed by atoms with van der Waals surface area (Å²) >= 11 is 0. The molecule has 0 fully saturated rings. The van der Waals surface area contributed by atoms with Gasteiger partial charge in [0.1, 0.15) is 11.6 Å². The van der Waals surface area contributed by atoms with Crippen LogP contribution in [0.5, 0.6) is 0 Å². The van der Waals surface area contributed by atoms with Crippen LogP contribution in [0.1, 0.15) is 29.2 Å². The highest BCUT2D eigenvalue weighted by atomic mass is 19.1. The zero-order valence-electron chi connectivity index (χ0n) is 20.5. The number of benzene rings is 3. The van der Waals surface area contributed by atoms with Gasteiger partial charge in [0.05, 0.1) is 29.6 Å². The maximum absolute atomic E-state index is 13.8. The van der Waals surface area contributed by atoms with E-state index in [9.17, 15) is 23.5 Å². The number of aromatic amines is 2. The Hall–Kier alpha value is -3.82.